The van der Waals surface area contributed by atoms with Crippen LogP contribution in [0.1, 0.15) is 11.4 Å². The summed E-state index contributed by atoms with van der Waals surface area (Å²) in [5.41, 5.74) is 8.16. The van der Waals surface area contributed by atoms with Gasteiger partial charge in [0.05, 0.1) is 33.7 Å². The van der Waals surface area contributed by atoms with Gasteiger partial charge in [-0.1, -0.05) is 84.9 Å². The summed E-state index contributed by atoms with van der Waals surface area (Å²) in [6.07, 6.45) is 1.85. The number of allylic oxidation sites excluding steroid dienone is 1. The van der Waals surface area contributed by atoms with E-state index in [0.29, 0.717) is 11.4 Å². The van der Waals surface area contributed by atoms with Crippen molar-refractivity contribution < 1.29 is 0 Å². The largest absolute Gasteiger partial charge is 0.337 e. The maximum absolute atomic E-state index is 9.78. The van der Waals surface area contributed by atoms with Crippen LogP contribution in [0.2, 0.25) is 0 Å². The van der Waals surface area contributed by atoms with Gasteiger partial charge in [-0.3, -0.25) is 0 Å². The molecule has 0 saturated heterocycles. The van der Waals surface area contributed by atoms with Gasteiger partial charge in [0.25, 0.3) is 0 Å². The Balaban J connectivity index is 1.38. The van der Waals surface area contributed by atoms with Crippen LogP contribution < -0.4 is 0 Å². The molecule has 0 aliphatic heterocycles. The van der Waals surface area contributed by atoms with Gasteiger partial charge in [0.2, 0.25) is 0 Å². The molecule has 170 valence electrons. The van der Waals surface area contributed by atoms with Gasteiger partial charge in [0.1, 0.15) is 11.9 Å². The lowest BCUT2D eigenvalue weighted by Gasteiger charge is -2.08. The fourth-order valence-corrected chi connectivity index (χ4v) is 4.25. The molecular formula is C31H21N5. The van der Waals surface area contributed by atoms with Crippen molar-refractivity contribution in [2.45, 2.75) is 0 Å². The van der Waals surface area contributed by atoms with Gasteiger partial charge < -0.3 is 4.98 Å². The van der Waals surface area contributed by atoms with E-state index >= 15 is 0 Å². The lowest BCUT2D eigenvalue weighted by Crippen LogP contribution is -1.99. The molecule has 0 amide bonds. The van der Waals surface area contributed by atoms with E-state index in [2.05, 4.69) is 46.4 Å². The average Bonchev–Trinajstić information content (AvgIpc) is 3.58. The first kappa shape index (κ1) is 21.3. The third kappa shape index (κ3) is 4.08. The Morgan fingerprint density at radius 1 is 0.778 bits per heavy atom. The van der Waals surface area contributed by atoms with Crippen LogP contribution in [0.4, 0.5) is 0 Å². The van der Waals surface area contributed by atoms with E-state index in [-0.39, 0.29) is 0 Å². The summed E-state index contributed by atoms with van der Waals surface area (Å²) in [5, 5.41) is 14.7. The third-order valence-electron chi connectivity index (χ3n) is 6.06. The number of nitriles is 1. The molecule has 0 fully saturated rings. The van der Waals surface area contributed by atoms with E-state index in [9.17, 15) is 5.26 Å². The number of nitrogens with zero attached hydrogens (tertiary/aromatic N) is 4. The van der Waals surface area contributed by atoms with Crippen LogP contribution in [-0.4, -0.2) is 19.7 Å². The molecule has 0 radical (unpaired) electrons. The van der Waals surface area contributed by atoms with Gasteiger partial charge >= 0.3 is 0 Å². The van der Waals surface area contributed by atoms with Crippen LogP contribution in [0.3, 0.4) is 0 Å². The zero-order valence-electron chi connectivity index (χ0n) is 19.3. The third-order valence-corrected chi connectivity index (χ3v) is 6.06. The number of aromatic amines is 1. The number of nitrogens with one attached hydrogen (secondary N) is 1. The predicted octanol–water partition coefficient (Wildman–Crippen LogP) is 7.15. The molecule has 0 unspecified atom stereocenters. The van der Waals surface area contributed by atoms with E-state index in [1.807, 2.05) is 95.7 Å². The minimum Gasteiger partial charge on any atom is -0.337 e. The van der Waals surface area contributed by atoms with Crippen LogP contribution in [0.5, 0.6) is 0 Å². The second-order valence-electron chi connectivity index (χ2n) is 8.42. The summed E-state index contributed by atoms with van der Waals surface area (Å²) in [7, 11) is 0. The minimum atomic E-state index is 0.481. The van der Waals surface area contributed by atoms with Crippen molar-refractivity contribution in [3.05, 3.63) is 127 Å². The van der Waals surface area contributed by atoms with Crippen molar-refractivity contribution in [1.29, 1.82) is 5.26 Å². The summed E-state index contributed by atoms with van der Waals surface area (Å²) in [6, 6.07) is 40.6. The molecular weight excluding hydrogens is 442 g/mol. The van der Waals surface area contributed by atoms with Crippen molar-refractivity contribution in [3.8, 4) is 34.3 Å². The maximum Gasteiger partial charge on any atom is 0.149 e. The smallest absolute Gasteiger partial charge is 0.149 e. The average molecular weight is 464 g/mol. The van der Waals surface area contributed by atoms with Crippen LogP contribution in [-0.2, 0) is 0 Å². The number of imidazole rings is 1. The molecule has 4 aromatic carbocycles. The van der Waals surface area contributed by atoms with Crippen LogP contribution in [0.15, 0.2) is 115 Å². The highest BCUT2D eigenvalue weighted by Crippen LogP contribution is 2.29. The molecule has 0 spiro atoms. The van der Waals surface area contributed by atoms with Gasteiger partial charge in [-0.25, -0.2) is 9.67 Å². The number of hydrogen-bond acceptors (Lipinski definition) is 3. The summed E-state index contributed by atoms with van der Waals surface area (Å²) < 4.78 is 1.97. The molecule has 0 aliphatic carbocycles. The zero-order chi connectivity index (χ0) is 24.3. The number of H-pyrrole nitrogens is 1. The van der Waals surface area contributed by atoms with E-state index < -0.39 is 0 Å². The molecule has 0 saturated carbocycles. The normalized spacial score (nSPS) is 11.5. The van der Waals surface area contributed by atoms with Crippen molar-refractivity contribution in [3.63, 3.8) is 0 Å². The summed E-state index contributed by atoms with van der Waals surface area (Å²) in [6.45, 7) is 0. The summed E-state index contributed by atoms with van der Waals surface area (Å²) in [4.78, 5) is 7.79. The Kier molecular flexibility index (Phi) is 5.45. The van der Waals surface area contributed by atoms with Crippen molar-refractivity contribution in [2.75, 3.05) is 0 Å². The lowest BCUT2D eigenvalue weighted by atomic mass is 10.1. The van der Waals surface area contributed by atoms with E-state index in [1.54, 1.807) is 0 Å². The number of hydrogen-bond donors (Lipinski definition) is 1. The Bertz CT molecular complexity index is 1680. The summed E-state index contributed by atoms with van der Waals surface area (Å²) in [5.74, 6) is 0.564. The molecule has 0 atom stereocenters. The van der Waals surface area contributed by atoms with Gasteiger partial charge in [-0.05, 0) is 42.0 Å². The number of aromatic nitrogens is 4. The lowest BCUT2D eigenvalue weighted by molar-refractivity contribution is 0.892. The number of fused-ring (bicyclic) bond motifs is 1. The first-order valence-electron chi connectivity index (χ1n) is 11.7. The van der Waals surface area contributed by atoms with Crippen LogP contribution in [0.25, 0.3) is 50.9 Å². The first-order valence-corrected chi connectivity index (χ1v) is 11.7. The van der Waals surface area contributed by atoms with Crippen LogP contribution >= 0.6 is 0 Å². The highest BCUT2D eigenvalue weighted by atomic mass is 15.3. The second-order valence-corrected chi connectivity index (χ2v) is 8.42. The SMILES string of the molecule is N#CC(=Cc1ccc(-n2nc(-c3ccccc3)cc2-c2ccccc2)cc1)c1nc2ccccc2[nH]1. The van der Waals surface area contributed by atoms with E-state index in [1.165, 1.54) is 0 Å². The fourth-order valence-electron chi connectivity index (χ4n) is 4.25. The van der Waals surface area contributed by atoms with Crippen molar-refractivity contribution >= 4 is 22.7 Å². The molecule has 6 rings (SSSR count). The van der Waals surface area contributed by atoms with E-state index in [4.69, 9.17) is 5.10 Å². The molecule has 5 heteroatoms. The standard InChI is InChI=1S/C31H21N5/c32-21-25(31-33-27-13-7-8-14-28(27)34-31)19-22-15-17-26(18-16-22)36-30(24-11-5-2-6-12-24)20-29(35-36)23-9-3-1-4-10-23/h1-20H,(H,33,34). The van der Waals surface area contributed by atoms with Crippen molar-refractivity contribution in [2.24, 2.45) is 0 Å². The number of rotatable bonds is 5. The Morgan fingerprint density at radius 3 is 2.14 bits per heavy atom. The van der Waals surface area contributed by atoms with Gasteiger partial charge in [-0.15, -0.1) is 0 Å². The minimum absolute atomic E-state index is 0.481. The predicted molar refractivity (Wildman–Crippen MR) is 144 cm³/mol. The quantitative estimate of drug-likeness (QED) is 0.276. The van der Waals surface area contributed by atoms with Gasteiger partial charge in [-0.2, -0.15) is 10.4 Å². The molecule has 2 aromatic heterocycles. The molecule has 6 aromatic rings. The molecule has 0 bridgehead atoms. The van der Waals surface area contributed by atoms with Gasteiger partial charge in [0, 0.05) is 11.1 Å². The highest BCUT2D eigenvalue weighted by Gasteiger charge is 2.13. The Labute approximate surface area is 208 Å². The fraction of sp³-hybridized carbons (Fsp3) is 0. The number of benzene rings is 4. The van der Waals surface area contributed by atoms with Gasteiger partial charge in [0.15, 0.2) is 0 Å². The number of para-hydroxylation sites is 2. The van der Waals surface area contributed by atoms with Crippen LogP contribution in [0, 0.1) is 11.3 Å². The molecule has 5 nitrogen and oxygen atoms in total. The molecule has 2 heterocycles. The molecule has 0 aliphatic rings. The second kappa shape index (κ2) is 9.21. The first-order chi connectivity index (χ1) is 17.8. The maximum atomic E-state index is 9.78. The molecule has 1 N–H and O–H groups in total. The van der Waals surface area contributed by atoms with E-state index in [0.717, 1.165) is 44.8 Å². The topological polar surface area (TPSA) is 70.3 Å². The molecule has 36 heavy (non-hydrogen) atoms. The highest BCUT2D eigenvalue weighted by molar-refractivity contribution is 5.90. The monoisotopic (exact) mass is 463 g/mol. The Morgan fingerprint density at radius 2 is 1.44 bits per heavy atom. The zero-order valence-corrected chi connectivity index (χ0v) is 19.3. The van der Waals surface area contributed by atoms with Crippen molar-refractivity contribution in [1.82, 2.24) is 19.7 Å². The summed E-state index contributed by atoms with van der Waals surface area (Å²) >= 11 is 0. The Hall–Kier alpha value is -5.21.